The molecule has 0 radical (unpaired) electrons. The molecule has 0 bridgehead atoms. The number of nitrogens with one attached hydrogen (secondary N) is 2. The highest BCUT2D eigenvalue weighted by Crippen LogP contribution is 2.31. The Kier molecular flexibility index (Phi) is 8.29. The SMILES string of the molecule is CCOc1ccc(C(=O)NCC(=O)NC[C@H](c2ccccc2OC)N2CCCC2)cc1. The van der Waals surface area contributed by atoms with Gasteiger partial charge in [0.1, 0.15) is 11.5 Å². The lowest BCUT2D eigenvalue weighted by molar-refractivity contribution is -0.120. The highest BCUT2D eigenvalue weighted by Gasteiger charge is 2.26. The van der Waals surface area contributed by atoms with Crippen LogP contribution in [0.4, 0.5) is 0 Å². The molecule has 7 heteroatoms. The number of methoxy groups -OCH3 is 1. The van der Waals surface area contributed by atoms with E-state index in [4.69, 9.17) is 9.47 Å². The van der Waals surface area contributed by atoms with Crippen molar-refractivity contribution in [1.82, 2.24) is 15.5 Å². The standard InChI is InChI=1S/C24H31N3O4/c1-3-31-19-12-10-18(11-13-19)24(29)26-17-23(28)25-16-21(27-14-6-7-15-27)20-8-4-5-9-22(20)30-2/h4-5,8-13,21H,3,6-7,14-17H2,1-2H3,(H,25,28)(H,26,29)/t21-/m1/s1. The van der Waals surface area contributed by atoms with Gasteiger partial charge in [0.2, 0.25) is 5.91 Å². The third kappa shape index (κ3) is 6.21. The van der Waals surface area contributed by atoms with E-state index in [0.717, 1.165) is 37.2 Å². The van der Waals surface area contributed by atoms with Crippen LogP contribution in [0.15, 0.2) is 48.5 Å². The van der Waals surface area contributed by atoms with E-state index in [1.54, 1.807) is 31.4 Å². The Bertz CT molecular complexity index is 863. The van der Waals surface area contributed by atoms with Crippen molar-refractivity contribution >= 4 is 11.8 Å². The quantitative estimate of drug-likeness (QED) is 0.612. The molecule has 0 saturated carbocycles. The van der Waals surface area contributed by atoms with Gasteiger partial charge in [-0.2, -0.15) is 0 Å². The normalized spacial score (nSPS) is 14.6. The predicted molar refractivity (Wildman–Crippen MR) is 119 cm³/mol. The van der Waals surface area contributed by atoms with Crippen molar-refractivity contribution in [3.8, 4) is 11.5 Å². The molecule has 2 N–H and O–H groups in total. The van der Waals surface area contributed by atoms with Crippen LogP contribution in [-0.2, 0) is 4.79 Å². The smallest absolute Gasteiger partial charge is 0.251 e. The summed E-state index contributed by atoms with van der Waals surface area (Å²) in [5.74, 6) is 1.01. The van der Waals surface area contributed by atoms with E-state index in [9.17, 15) is 9.59 Å². The second-order valence-corrected chi connectivity index (χ2v) is 7.44. The molecule has 1 aliphatic rings. The maximum atomic E-state index is 12.4. The zero-order chi connectivity index (χ0) is 22.1. The van der Waals surface area contributed by atoms with Gasteiger partial charge in [0, 0.05) is 17.7 Å². The molecule has 0 aromatic heterocycles. The van der Waals surface area contributed by atoms with Crippen LogP contribution >= 0.6 is 0 Å². The molecule has 31 heavy (non-hydrogen) atoms. The maximum Gasteiger partial charge on any atom is 0.251 e. The van der Waals surface area contributed by atoms with Crippen molar-refractivity contribution in [2.24, 2.45) is 0 Å². The zero-order valence-corrected chi connectivity index (χ0v) is 18.2. The number of ether oxygens (including phenoxy) is 2. The van der Waals surface area contributed by atoms with E-state index in [-0.39, 0.29) is 24.4 Å². The van der Waals surface area contributed by atoms with Gasteiger partial charge in [0.05, 0.1) is 26.3 Å². The van der Waals surface area contributed by atoms with Crippen molar-refractivity contribution in [1.29, 1.82) is 0 Å². The van der Waals surface area contributed by atoms with Gasteiger partial charge in [-0.05, 0) is 63.2 Å². The summed E-state index contributed by atoms with van der Waals surface area (Å²) in [4.78, 5) is 27.1. The minimum atomic E-state index is -0.293. The molecule has 7 nitrogen and oxygen atoms in total. The summed E-state index contributed by atoms with van der Waals surface area (Å²) in [7, 11) is 1.66. The van der Waals surface area contributed by atoms with E-state index in [0.29, 0.717) is 24.5 Å². The van der Waals surface area contributed by atoms with E-state index < -0.39 is 0 Å². The molecule has 1 fully saturated rings. The molecule has 1 saturated heterocycles. The molecule has 166 valence electrons. The molecule has 0 spiro atoms. The van der Waals surface area contributed by atoms with Crippen molar-refractivity contribution < 1.29 is 19.1 Å². The summed E-state index contributed by atoms with van der Waals surface area (Å²) in [5.41, 5.74) is 1.55. The Morgan fingerprint density at radius 3 is 2.42 bits per heavy atom. The topological polar surface area (TPSA) is 79.9 Å². The van der Waals surface area contributed by atoms with Crippen LogP contribution in [0.25, 0.3) is 0 Å². The number of nitrogens with zero attached hydrogens (tertiary/aromatic N) is 1. The molecule has 2 aromatic carbocycles. The lowest BCUT2D eigenvalue weighted by Gasteiger charge is -2.29. The summed E-state index contributed by atoms with van der Waals surface area (Å²) >= 11 is 0. The van der Waals surface area contributed by atoms with Crippen LogP contribution in [0.1, 0.15) is 41.7 Å². The number of para-hydroxylation sites is 1. The number of hydrogen-bond donors (Lipinski definition) is 2. The Morgan fingerprint density at radius 1 is 1.03 bits per heavy atom. The van der Waals surface area contributed by atoms with Crippen molar-refractivity contribution in [2.75, 3.05) is 39.9 Å². The monoisotopic (exact) mass is 425 g/mol. The van der Waals surface area contributed by atoms with Crippen molar-refractivity contribution in [2.45, 2.75) is 25.8 Å². The Labute approximate surface area is 183 Å². The van der Waals surface area contributed by atoms with E-state index in [1.807, 2.05) is 31.2 Å². The van der Waals surface area contributed by atoms with E-state index in [2.05, 4.69) is 15.5 Å². The summed E-state index contributed by atoms with van der Waals surface area (Å²) in [6.45, 7) is 4.84. The van der Waals surface area contributed by atoms with Crippen molar-refractivity contribution in [3.63, 3.8) is 0 Å². The maximum absolute atomic E-state index is 12.4. The molecular formula is C24H31N3O4. The van der Waals surface area contributed by atoms with Crippen LogP contribution in [0, 0.1) is 0 Å². The van der Waals surface area contributed by atoms with Gasteiger partial charge in [-0.1, -0.05) is 18.2 Å². The lowest BCUT2D eigenvalue weighted by Crippen LogP contribution is -2.41. The minimum absolute atomic E-state index is 0.0319. The Morgan fingerprint density at radius 2 is 1.74 bits per heavy atom. The largest absolute Gasteiger partial charge is 0.496 e. The van der Waals surface area contributed by atoms with Gasteiger partial charge >= 0.3 is 0 Å². The second kappa shape index (κ2) is 11.4. The molecular weight excluding hydrogens is 394 g/mol. The zero-order valence-electron chi connectivity index (χ0n) is 18.2. The third-order valence-electron chi connectivity index (χ3n) is 5.41. The van der Waals surface area contributed by atoms with Crippen LogP contribution in [-0.4, -0.2) is 56.6 Å². The minimum Gasteiger partial charge on any atom is -0.496 e. The second-order valence-electron chi connectivity index (χ2n) is 7.44. The van der Waals surface area contributed by atoms with Gasteiger partial charge in [-0.3, -0.25) is 14.5 Å². The van der Waals surface area contributed by atoms with Gasteiger partial charge in [0.15, 0.2) is 0 Å². The first kappa shape index (κ1) is 22.6. The fourth-order valence-corrected chi connectivity index (χ4v) is 3.84. The van der Waals surface area contributed by atoms with E-state index in [1.165, 1.54) is 0 Å². The summed E-state index contributed by atoms with van der Waals surface area (Å²) < 4.78 is 10.9. The molecule has 0 unspecified atom stereocenters. The van der Waals surface area contributed by atoms with Gasteiger partial charge < -0.3 is 20.1 Å². The average Bonchev–Trinajstić information content (AvgIpc) is 3.33. The Balaban J connectivity index is 1.55. The number of carbonyl (C=O) groups excluding carboxylic acids is 2. The molecule has 3 rings (SSSR count). The van der Waals surface area contributed by atoms with Crippen LogP contribution in [0.5, 0.6) is 11.5 Å². The predicted octanol–water partition coefficient (Wildman–Crippen LogP) is 2.78. The third-order valence-corrected chi connectivity index (χ3v) is 5.41. The first-order chi connectivity index (χ1) is 15.1. The van der Waals surface area contributed by atoms with Gasteiger partial charge in [-0.15, -0.1) is 0 Å². The number of amides is 2. The summed E-state index contributed by atoms with van der Waals surface area (Å²) in [6.07, 6.45) is 2.30. The average molecular weight is 426 g/mol. The first-order valence-corrected chi connectivity index (χ1v) is 10.8. The molecule has 0 aliphatic carbocycles. The van der Waals surface area contributed by atoms with Gasteiger partial charge in [0.25, 0.3) is 5.91 Å². The molecule has 1 atom stereocenters. The van der Waals surface area contributed by atoms with Crippen molar-refractivity contribution in [3.05, 3.63) is 59.7 Å². The fraction of sp³-hybridized carbons (Fsp3) is 0.417. The number of benzene rings is 2. The molecule has 2 aromatic rings. The fourth-order valence-electron chi connectivity index (χ4n) is 3.84. The first-order valence-electron chi connectivity index (χ1n) is 10.8. The van der Waals surface area contributed by atoms with Gasteiger partial charge in [-0.25, -0.2) is 0 Å². The number of likely N-dealkylation sites (tertiary alicyclic amines) is 1. The number of rotatable bonds is 10. The van der Waals surface area contributed by atoms with Crippen LogP contribution < -0.4 is 20.1 Å². The summed E-state index contributed by atoms with van der Waals surface area (Å²) in [5, 5.41) is 5.65. The highest BCUT2D eigenvalue weighted by molar-refractivity contribution is 5.96. The van der Waals surface area contributed by atoms with Crippen LogP contribution in [0.3, 0.4) is 0 Å². The number of hydrogen-bond acceptors (Lipinski definition) is 5. The van der Waals surface area contributed by atoms with Crippen LogP contribution in [0.2, 0.25) is 0 Å². The highest BCUT2D eigenvalue weighted by atomic mass is 16.5. The van der Waals surface area contributed by atoms with E-state index >= 15 is 0 Å². The summed E-state index contributed by atoms with van der Waals surface area (Å²) in [6, 6.07) is 14.8. The number of carbonyl (C=O) groups is 2. The molecule has 2 amide bonds. The molecule has 1 aliphatic heterocycles. The lowest BCUT2D eigenvalue weighted by atomic mass is 10.0. The Hall–Kier alpha value is -3.06. The molecule has 1 heterocycles.